The molecule has 0 fully saturated rings. The maximum absolute atomic E-state index is 12.7. The second-order valence-corrected chi connectivity index (χ2v) is 9.13. The zero-order valence-corrected chi connectivity index (χ0v) is 17.1. The molecule has 3 rings (SSSR count). The maximum Gasteiger partial charge on any atom is 0.216 e. The molecule has 0 amide bonds. The number of fused-ring (bicyclic) bond motifs is 1. The molecule has 0 radical (unpaired) electrons. The number of rotatable bonds is 3. The summed E-state index contributed by atoms with van der Waals surface area (Å²) in [5.74, 6) is 0.118. The Morgan fingerprint density at radius 2 is 1.76 bits per heavy atom. The van der Waals surface area contributed by atoms with Crippen LogP contribution >= 0.6 is 43.5 Å². The molecule has 0 spiro atoms. The van der Waals surface area contributed by atoms with Crippen molar-refractivity contribution in [3.05, 3.63) is 67.1 Å². The summed E-state index contributed by atoms with van der Waals surface area (Å²) in [7, 11) is -3.98. The van der Waals surface area contributed by atoms with Gasteiger partial charge in [-0.3, -0.25) is 0 Å². The van der Waals surface area contributed by atoms with Crippen LogP contribution in [0.3, 0.4) is 0 Å². The van der Waals surface area contributed by atoms with Crippen LogP contribution in [0.4, 0.5) is 0 Å². The van der Waals surface area contributed by atoms with Gasteiger partial charge in [-0.1, -0.05) is 43.5 Å². The van der Waals surface area contributed by atoms with Crippen molar-refractivity contribution in [1.29, 1.82) is 5.26 Å². The van der Waals surface area contributed by atoms with Gasteiger partial charge >= 0.3 is 0 Å². The normalized spacial score (nSPS) is 12.3. The summed E-state index contributed by atoms with van der Waals surface area (Å²) >= 11 is 12.9. The molecule has 3 aromatic rings. The number of sulfone groups is 1. The molecule has 1 heterocycles. The molecular weight excluding hydrogens is 494 g/mol. The minimum atomic E-state index is -3.98. The van der Waals surface area contributed by atoms with E-state index >= 15 is 0 Å². The largest absolute Gasteiger partial charge is 0.455 e. The zero-order valence-electron chi connectivity index (χ0n) is 12.3. The molecule has 1 aromatic heterocycles. The van der Waals surface area contributed by atoms with Gasteiger partial charge in [0, 0.05) is 20.4 Å². The molecular formula is C17H8Br2ClNO3S. The van der Waals surface area contributed by atoms with E-state index in [1.165, 1.54) is 12.1 Å². The fraction of sp³-hybridized carbons (Fsp3) is 0. The first-order chi connectivity index (χ1) is 11.8. The molecule has 0 aliphatic heterocycles. The summed E-state index contributed by atoms with van der Waals surface area (Å²) in [4.78, 5) is -0.437. The SMILES string of the molecule is N#CC(=Cc1oc2ccc(Br)cc2c1Cl)S(=O)(=O)c1ccc(Br)cc1. The average molecular weight is 502 g/mol. The third-order valence-corrected chi connectivity index (χ3v) is 6.49. The maximum atomic E-state index is 12.7. The van der Waals surface area contributed by atoms with E-state index < -0.39 is 14.7 Å². The van der Waals surface area contributed by atoms with E-state index in [1.807, 2.05) is 0 Å². The predicted octanol–water partition coefficient (Wildman–Crippen LogP) is 5.95. The van der Waals surface area contributed by atoms with Gasteiger partial charge in [0.05, 0.1) is 9.92 Å². The van der Waals surface area contributed by atoms with Crippen molar-refractivity contribution in [3.8, 4) is 6.07 Å². The molecule has 0 aliphatic rings. The topological polar surface area (TPSA) is 71.1 Å². The molecule has 0 saturated carbocycles. The Kier molecular flexibility index (Phi) is 5.07. The summed E-state index contributed by atoms with van der Waals surface area (Å²) in [6, 6.07) is 13.0. The van der Waals surface area contributed by atoms with Gasteiger partial charge in [-0.25, -0.2) is 8.42 Å². The van der Waals surface area contributed by atoms with E-state index in [9.17, 15) is 13.7 Å². The first kappa shape index (κ1) is 18.2. The van der Waals surface area contributed by atoms with Crippen LogP contribution < -0.4 is 0 Å². The quantitative estimate of drug-likeness (QED) is 0.416. The number of furan rings is 1. The molecule has 0 unspecified atom stereocenters. The molecule has 4 nitrogen and oxygen atoms in total. The van der Waals surface area contributed by atoms with Gasteiger partial charge in [-0.05, 0) is 42.5 Å². The van der Waals surface area contributed by atoms with Crippen LogP contribution in [-0.2, 0) is 9.84 Å². The van der Waals surface area contributed by atoms with Crippen LogP contribution in [0, 0.1) is 11.3 Å². The van der Waals surface area contributed by atoms with Crippen molar-refractivity contribution in [3.63, 3.8) is 0 Å². The van der Waals surface area contributed by atoms with Gasteiger partial charge in [-0.2, -0.15) is 5.26 Å². The highest BCUT2D eigenvalue weighted by molar-refractivity contribution is 9.10. The lowest BCUT2D eigenvalue weighted by atomic mass is 10.2. The molecule has 0 N–H and O–H groups in total. The van der Waals surface area contributed by atoms with Crippen molar-refractivity contribution in [2.24, 2.45) is 0 Å². The summed E-state index contributed by atoms with van der Waals surface area (Å²) in [6.45, 7) is 0. The summed E-state index contributed by atoms with van der Waals surface area (Å²) in [5, 5.41) is 10.2. The number of hydrogen-bond acceptors (Lipinski definition) is 4. The van der Waals surface area contributed by atoms with E-state index in [4.69, 9.17) is 16.0 Å². The summed E-state index contributed by atoms with van der Waals surface area (Å²) in [6.07, 6.45) is 1.15. The first-order valence-corrected chi connectivity index (χ1v) is 10.3. The van der Waals surface area contributed by atoms with E-state index in [0.29, 0.717) is 11.0 Å². The Hall–Kier alpha value is -1.59. The van der Waals surface area contributed by atoms with Gasteiger partial charge < -0.3 is 4.42 Å². The molecule has 25 heavy (non-hydrogen) atoms. The Morgan fingerprint density at radius 3 is 2.40 bits per heavy atom. The van der Waals surface area contributed by atoms with Crippen LogP contribution in [-0.4, -0.2) is 8.42 Å². The van der Waals surface area contributed by atoms with Crippen LogP contribution in [0.2, 0.25) is 5.02 Å². The highest BCUT2D eigenvalue weighted by atomic mass is 79.9. The van der Waals surface area contributed by atoms with Crippen LogP contribution in [0.5, 0.6) is 0 Å². The molecule has 0 atom stereocenters. The third kappa shape index (κ3) is 3.53. The van der Waals surface area contributed by atoms with E-state index in [1.54, 1.807) is 36.4 Å². The summed E-state index contributed by atoms with van der Waals surface area (Å²) < 4.78 is 32.4. The van der Waals surface area contributed by atoms with Gasteiger partial charge in [0.15, 0.2) is 4.91 Å². The van der Waals surface area contributed by atoms with Crippen molar-refractivity contribution in [1.82, 2.24) is 0 Å². The van der Waals surface area contributed by atoms with Gasteiger partial charge in [0.1, 0.15) is 17.4 Å². The second-order valence-electron chi connectivity index (χ2n) is 5.00. The standard InChI is InChI=1S/C17H8Br2ClNO3S/c18-10-1-4-12(5-2-10)25(22,23)13(9-21)8-16-17(20)14-7-11(19)3-6-15(14)24-16/h1-8H. The zero-order chi connectivity index (χ0) is 18.2. The van der Waals surface area contributed by atoms with E-state index in [0.717, 1.165) is 15.0 Å². The number of allylic oxidation sites excluding steroid dienone is 1. The lowest BCUT2D eigenvalue weighted by molar-refractivity contribution is 0.599. The third-order valence-electron chi connectivity index (χ3n) is 3.40. The van der Waals surface area contributed by atoms with Gasteiger partial charge in [0.2, 0.25) is 9.84 Å². The number of nitriles is 1. The number of hydrogen-bond donors (Lipinski definition) is 0. The molecule has 2 aromatic carbocycles. The van der Waals surface area contributed by atoms with Crippen molar-refractivity contribution in [2.45, 2.75) is 4.90 Å². The van der Waals surface area contributed by atoms with Crippen molar-refractivity contribution >= 4 is 70.3 Å². The second kappa shape index (κ2) is 6.96. The Labute approximate surface area is 165 Å². The molecule has 8 heteroatoms. The predicted molar refractivity (Wildman–Crippen MR) is 104 cm³/mol. The lowest BCUT2D eigenvalue weighted by Gasteiger charge is -2.02. The van der Waals surface area contributed by atoms with Gasteiger partial charge in [-0.15, -0.1) is 0 Å². The van der Waals surface area contributed by atoms with Gasteiger partial charge in [0.25, 0.3) is 0 Å². The minimum absolute atomic E-state index is 0.0125. The van der Waals surface area contributed by atoms with Crippen LogP contribution in [0.15, 0.2) is 65.6 Å². The Morgan fingerprint density at radius 1 is 1.12 bits per heavy atom. The number of halogens is 3. The molecule has 0 saturated heterocycles. The molecule has 0 aliphatic carbocycles. The average Bonchev–Trinajstić information content (AvgIpc) is 2.88. The fourth-order valence-corrected chi connectivity index (χ4v) is 4.18. The number of nitrogens with zero attached hydrogens (tertiary/aromatic N) is 1. The van der Waals surface area contributed by atoms with Crippen molar-refractivity contribution in [2.75, 3.05) is 0 Å². The monoisotopic (exact) mass is 499 g/mol. The first-order valence-electron chi connectivity index (χ1n) is 6.83. The Bertz CT molecular complexity index is 1140. The lowest BCUT2D eigenvalue weighted by Crippen LogP contribution is -2.03. The summed E-state index contributed by atoms with van der Waals surface area (Å²) in [5.41, 5.74) is 0.498. The van der Waals surface area contributed by atoms with Crippen LogP contribution in [0.25, 0.3) is 17.0 Å². The highest BCUT2D eigenvalue weighted by Crippen LogP contribution is 2.34. The van der Waals surface area contributed by atoms with E-state index in [2.05, 4.69) is 31.9 Å². The highest BCUT2D eigenvalue weighted by Gasteiger charge is 2.22. The Balaban J connectivity index is 2.14. The fourth-order valence-electron chi connectivity index (χ4n) is 2.18. The smallest absolute Gasteiger partial charge is 0.216 e. The van der Waals surface area contributed by atoms with Crippen molar-refractivity contribution < 1.29 is 12.8 Å². The minimum Gasteiger partial charge on any atom is -0.455 e. The van der Waals surface area contributed by atoms with E-state index in [-0.39, 0.29) is 15.7 Å². The number of benzene rings is 2. The van der Waals surface area contributed by atoms with Crippen LogP contribution in [0.1, 0.15) is 5.76 Å². The molecule has 126 valence electrons. The molecule has 0 bridgehead atoms.